The van der Waals surface area contributed by atoms with Crippen molar-refractivity contribution in [3.63, 3.8) is 0 Å². The monoisotopic (exact) mass is 279 g/mol. The fourth-order valence-corrected chi connectivity index (χ4v) is 3.50. The number of halogens is 1. The van der Waals surface area contributed by atoms with E-state index in [-0.39, 0.29) is 11.9 Å². The Kier molecular flexibility index (Phi) is 8.06. The van der Waals surface area contributed by atoms with E-state index in [9.17, 15) is 4.79 Å². The van der Waals surface area contributed by atoms with Crippen molar-refractivity contribution in [2.75, 3.05) is 31.1 Å². The van der Waals surface area contributed by atoms with Gasteiger partial charge in [0.2, 0.25) is 5.91 Å². The van der Waals surface area contributed by atoms with Gasteiger partial charge in [0, 0.05) is 19.4 Å². The fourth-order valence-electron chi connectivity index (χ4n) is 2.03. The first-order valence-corrected chi connectivity index (χ1v) is 7.87. The van der Waals surface area contributed by atoms with Crippen molar-refractivity contribution in [2.45, 2.75) is 31.7 Å². The van der Waals surface area contributed by atoms with Crippen LogP contribution in [0.15, 0.2) is 0 Å². The van der Waals surface area contributed by atoms with Crippen LogP contribution in [0.1, 0.15) is 25.7 Å². The minimum absolute atomic E-state index is 0.0583. The molecule has 5 heteroatoms. The van der Waals surface area contributed by atoms with Gasteiger partial charge in [-0.05, 0) is 36.7 Å². The number of amides is 1. The molecular weight excluding hydrogens is 258 g/mol. The average molecular weight is 280 g/mol. The Labute approximate surface area is 113 Å². The number of methoxy groups -OCH3 is 1. The van der Waals surface area contributed by atoms with E-state index in [4.69, 9.17) is 16.3 Å². The van der Waals surface area contributed by atoms with Crippen LogP contribution in [0.3, 0.4) is 0 Å². The van der Waals surface area contributed by atoms with Crippen LogP contribution in [-0.2, 0) is 9.53 Å². The molecule has 1 fully saturated rings. The molecule has 0 saturated carbocycles. The van der Waals surface area contributed by atoms with E-state index >= 15 is 0 Å². The van der Waals surface area contributed by atoms with Crippen molar-refractivity contribution in [1.29, 1.82) is 0 Å². The van der Waals surface area contributed by atoms with Crippen molar-refractivity contribution in [2.24, 2.45) is 5.92 Å². The Morgan fingerprint density at radius 2 is 2.24 bits per heavy atom. The predicted molar refractivity (Wildman–Crippen MR) is 73.8 cm³/mol. The van der Waals surface area contributed by atoms with E-state index in [1.807, 2.05) is 11.8 Å². The molecule has 1 aliphatic rings. The van der Waals surface area contributed by atoms with Crippen LogP contribution in [0.5, 0.6) is 0 Å². The normalized spacial score (nSPS) is 18.9. The molecule has 0 spiro atoms. The molecule has 1 N–H and O–H groups in total. The summed E-state index contributed by atoms with van der Waals surface area (Å²) in [6, 6.07) is 0.0583. The van der Waals surface area contributed by atoms with Crippen LogP contribution in [0.25, 0.3) is 0 Å². The van der Waals surface area contributed by atoms with E-state index < -0.39 is 0 Å². The third kappa shape index (κ3) is 6.53. The number of rotatable bonds is 7. The average Bonchev–Trinajstić information content (AvgIpc) is 2.30. The summed E-state index contributed by atoms with van der Waals surface area (Å²) in [4.78, 5) is 11.9. The molecule has 0 radical (unpaired) electrons. The highest BCUT2D eigenvalue weighted by molar-refractivity contribution is 7.99. The second kappa shape index (κ2) is 9.06. The Hall–Kier alpha value is 0.0700. The Balaban J connectivity index is 2.25. The summed E-state index contributed by atoms with van der Waals surface area (Å²) < 4.78 is 5.07. The molecule has 17 heavy (non-hydrogen) atoms. The molecular formula is C12H22ClNO2S. The summed E-state index contributed by atoms with van der Waals surface area (Å²) in [7, 11) is 1.64. The Morgan fingerprint density at radius 1 is 1.53 bits per heavy atom. The van der Waals surface area contributed by atoms with E-state index in [2.05, 4.69) is 5.32 Å². The van der Waals surface area contributed by atoms with Crippen molar-refractivity contribution >= 4 is 29.3 Å². The highest BCUT2D eigenvalue weighted by Gasteiger charge is 2.19. The molecule has 100 valence electrons. The first-order valence-electron chi connectivity index (χ1n) is 6.18. The SMILES string of the molecule is COCC(CCCl)NC(=O)CC1CCSCC1. The topological polar surface area (TPSA) is 38.3 Å². The molecule has 1 unspecified atom stereocenters. The van der Waals surface area contributed by atoms with Gasteiger partial charge in [-0.25, -0.2) is 0 Å². The number of nitrogens with one attached hydrogen (secondary N) is 1. The lowest BCUT2D eigenvalue weighted by atomic mass is 9.98. The van der Waals surface area contributed by atoms with Crippen LogP contribution >= 0.6 is 23.4 Å². The molecule has 1 heterocycles. The zero-order chi connectivity index (χ0) is 12.5. The van der Waals surface area contributed by atoms with Crippen LogP contribution in [0, 0.1) is 5.92 Å². The van der Waals surface area contributed by atoms with Crippen LogP contribution < -0.4 is 5.32 Å². The number of hydrogen-bond acceptors (Lipinski definition) is 3. The fraction of sp³-hybridized carbons (Fsp3) is 0.917. The molecule has 1 amide bonds. The number of hydrogen-bond donors (Lipinski definition) is 1. The summed E-state index contributed by atoms with van der Waals surface area (Å²) in [5.41, 5.74) is 0. The van der Waals surface area contributed by atoms with Gasteiger partial charge in [0.25, 0.3) is 0 Å². The van der Waals surface area contributed by atoms with Gasteiger partial charge in [-0.2, -0.15) is 11.8 Å². The second-order valence-electron chi connectivity index (χ2n) is 4.46. The largest absolute Gasteiger partial charge is 0.383 e. The lowest BCUT2D eigenvalue weighted by Crippen LogP contribution is -2.39. The minimum Gasteiger partial charge on any atom is -0.383 e. The Bertz CT molecular complexity index is 217. The maximum Gasteiger partial charge on any atom is 0.220 e. The quantitative estimate of drug-likeness (QED) is 0.727. The van der Waals surface area contributed by atoms with Gasteiger partial charge in [-0.15, -0.1) is 11.6 Å². The molecule has 0 aromatic heterocycles. The highest BCUT2D eigenvalue weighted by atomic mass is 35.5. The summed E-state index contributed by atoms with van der Waals surface area (Å²) >= 11 is 7.68. The lowest BCUT2D eigenvalue weighted by Gasteiger charge is -2.22. The first kappa shape index (κ1) is 15.1. The molecule has 3 nitrogen and oxygen atoms in total. The zero-order valence-corrected chi connectivity index (χ0v) is 12.0. The molecule has 0 aromatic carbocycles. The van der Waals surface area contributed by atoms with Gasteiger partial charge in [-0.3, -0.25) is 4.79 Å². The molecule has 1 aliphatic heterocycles. The van der Waals surface area contributed by atoms with Crippen molar-refractivity contribution in [3.8, 4) is 0 Å². The van der Waals surface area contributed by atoms with E-state index in [0.717, 1.165) is 6.42 Å². The van der Waals surface area contributed by atoms with Crippen molar-refractivity contribution in [1.82, 2.24) is 5.32 Å². The van der Waals surface area contributed by atoms with Crippen molar-refractivity contribution in [3.05, 3.63) is 0 Å². The third-order valence-corrected chi connectivity index (χ3v) is 4.27. The highest BCUT2D eigenvalue weighted by Crippen LogP contribution is 2.25. The zero-order valence-electron chi connectivity index (χ0n) is 10.4. The number of ether oxygens (including phenoxy) is 1. The molecule has 0 aliphatic carbocycles. The standard InChI is InChI=1S/C12H22ClNO2S/c1-16-9-11(2-5-13)14-12(15)8-10-3-6-17-7-4-10/h10-11H,2-9H2,1H3,(H,14,15). The number of alkyl halides is 1. The molecule has 1 rings (SSSR count). The van der Waals surface area contributed by atoms with Crippen molar-refractivity contribution < 1.29 is 9.53 Å². The number of thioether (sulfide) groups is 1. The number of carbonyl (C=O) groups excluding carboxylic acids is 1. The van der Waals surface area contributed by atoms with Crippen LogP contribution in [0.2, 0.25) is 0 Å². The predicted octanol–water partition coefficient (Wildman–Crippen LogP) is 2.28. The minimum atomic E-state index is 0.0583. The summed E-state index contributed by atoms with van der Waals surface area (Å²) in [6.45, 7) is 0.541. The van der Waals surface area contributed by atoms with Gasteiger partial charge < -0.3 is 10.1 Å². The molecule has 1 atom stereocenters. The smallest absolute Gasteiger partial charge is 0.220 e. The van der Waals surface area contributed by atoms with Gasteiger partial charge in [-0.1, -0.05) is 0 Å². The summed E-state index contributed by atoms with van der Waals surface area (Å²) in [5.74, 6) is 3.65. The number of carbonyl (C=O) groups is 1. The molecule has 0 bridgehead atoms. The van der Waals surface area contributed by atoms with E-state index in [1.54, 1.807) is 7.11 Å². The molecule has 0 aromatic rings. The maximum atomic E-state index is 11.9. The van der Waals surface area contributed by atoms with Gasteiger partial charge in [0.15, 0.2) is 0 Å². The first-order chi connectivity index (χ1) is 8.26. The van der Waals surface area contributed by atoms with E-state index in [1.165, 1.54) is 24.3 Å². The second-order valence-corrected chi connectivity index (χ2v) is 6.06. The molecule has 1 saturated heterocycles. The van der Waals surface area contributed by atoms with Gasteiger partial charge in [0.1, 0.15) is 0 Å². The third-order valence-electron chi connectivity index (χ3n) is 3.01. The van der Waals surface area contributed by atoms with Crippen LogP contribution in [0.4, 0.5) is 0 Å². The van der Waals surface area contributed by atoms with Crippen LogP contribution in [-0.4, -0.2) is 43.1 Å². The van der Waals surface area contributed by atoms with E-state index in [0.29, 0.717) is 24.8 Å². The Morgan fingerprint density at radius 3 is 2.82 bits per heavy atom. The van der Waals surface area contributed by atoms with Gasteiger partial charge in [0.05, 0.1) is 12.6 Å². The van der Waals surface area contributed by atoms with Gasteiger partial charge >= 0.3 is 0 Å². The summed E-state index contributed by atoms with van der Waals surface area (Å²) in [6.07, 6.45) is 3.76. The lowest BCUT2D eigenvalue weighted by molar-refractivity contribution is -0.123. The maximum absolute atomic E-state index is 11.9. The summed E-state index contributed by atoms with van der Waals surface area (Å²) in [5, 5.41) is 3.01.